The van der Waals surface area contributed by atoms with Gasteiger partial charge >= 0.3 is 0 Å². The summed E-state index contributed by atoms with van der Waals surface area (Å²) in [5.74, 6) is 0.957. The van der Waals surface area contributed by atoms with Crippen LogP contribution in [0.3, 0.4) is 0 Å². The maximum absolute atomic E-state index is 11.1. The number of hydrogen-bond donors (Lipinski definition) is 1. The maximum Gasteiger partial charge on any atom is 0.220 e. The number of nitrogens with two attached hydrogens (primary N) is 1. The molecular weight excluding hydrogens is 236 g/mol. The standard InChI is InChI=1S/C13H24N2O.ClH/c14-13(16)12-6-8-15(9-7-12)10-11-4-2-1-3-5-11;/h11-12H,1-10H2,(H2,14,16);1H. The molecule has 100 valence electrons. The van der Waals surface area contributed by atoms with Gasteiger partial charge in [-0.15, -0.1) is 12.4 Å². The number of nitrogens with zero attached hydrogens (tertiary/aromatic N) is 1. The van der Waals surface area contributed by atoms with Crippen molar-refractivity contribution in [1.29, 1.82) is 0 Å². The number of likely N-dealkylation sites (tertiary alicyclic amines) is 1. The van der Waals surface area contributed by atoms with E-state index >= 15 is 0 Å². The molecule has 0 aromatic rings. The van der Waals surface area contributed by atoms with Crippen molar-refractivity contribution in [3.05, 3.63) is 0 Å². The van der Waals surface area contributed by atoms with Gasteiger partial charge in [-0.1, -0.05) is 19.3 Å². The molecule has 0 spiro atoms. The van der Waals surface area contributed by atoms with Crippen molar-refractivity contribution in [3.63, 3.8) is 0 Å². The van der Waals surface area contributed by atoms with Gasteiger partial charge in [0.05, 0.1) is 0 Å². The van der Waals surface area contributed by atoms with Gasteiger partial charge in [0.2, 0.25) is 5.91 Å². The van der Waals surface area contributed by atoms with E-state index in [1.165, 1.54) is 38.6 Å². The molecule has 1 saturated carbocycles. The van der Waals surface area contributed by atoms with Gasteiger partial charge in [-0.3, -0.25) is 4.79 Å². The first kappa shape index (κ1) is 14.8. The maximum atomic E-state index is 11.1. The second kappa shape index (κ2) is 7.22. The fourth-order valence-electron chi connectivity index (χ4n) is 3.13. The molecular formula is C13H25ClN2O. The molecule has 0 aromatic heterocycles. The highest BCUT2D eigenvalue weighted by Crippen LogP contribution is 2.26. The van der Waals surface area contributed by atoms with Gasteiger partial charge in [0.25, 0.3) is 0 Å². The highest BCUT2D eigenvalue weighted by atomic mass is 35.5. The predicted octanol–water partition coefficient (Wildman–Crippen LogP) is 2.19. The molecule has 17 heavy (non-hydrogen) atoms. The number of primary amides is 1. The summed E-state index contributed by atoms with van der Waals surface area (Å²) in [5, 5.41) is 0. The van der Waals surface area contributed by atoms with E-state index in [1.807, 2.05) is 0 Å². The average Bonchev–Trinajstić information content (AvgIpc) is 2.31. The molecule has 0 aromatic carbocycles. The number of carbonyl (C=O) groups is 1. The molecule has 1 aliphatic carbocycles. The molecule has 2 N–H and O–H groups in total. The zero-order chi connectivity index (χ0) is 11.4. The fourth-order valence-corrected chi connectivity index (χ4v) is 3.13. The Morgan fingerprint density at radius 1 is 1.06 bits per heavy atom. The number of carbonyl (C=O) groups excluding carboxylic acids is 1. The van der Waals surface area contributed by atoms with Crippen LogP contribution in [0.15, 0.2) is 0 Å². The Balaban J connectivity index is 0.00000144. The third kappa shape index (κ3) is 4.47. The Morgan fingerprint density at radius 2 is 1.65 bits per heavy atom. The lowest BCUT2D eigenvalue weighted by Crippen LogP contribution is -2.40. The van der Waals surface area contributed by atoms with E-state index in [1.54, 1.807) is 0 Å². The summed E-state index contributed by atoms with van der Waals surface area (Å²) < 4.78 is 0. The summed E-state index contributed by atoms with van der Waals surface area (Å²) in [6.07, 6.45) is 9.04. The van der Waals surface area contributed by atoms with Crippen molar-refractivity contribution in [1.82, 2.24) is 4.90 Å². The van der Waals surface area contributed by atoms with E-state index in [0.29, 0.717) is 0 Å². The monoisotopic (exact) mass is 260 g/mol. The van der Waals surface area contributed by atoms with Gasteiger partial charge in [-0.05, 0) is 44.7 Å². The summed E-state index contributed by atoms with van der Waals surface area (Å²) >= 11 is 0. The molecule has 1 saturated heterocycles. The molecule has 0 radical (unpaired) electrons. The van der Waals surface area contributed by atoms with Crippen LogP contribution in [0.4, 0.5) is 0 Å². The van der Waals surface area contributed by atoms with Crippen molar-refractivity contribution in [2.45, 2.75) is 44.9 Å². The van der Waals surface area contributed by atoms with E-state index < -0.39 is 0 Å². The molecule has 1 heterocycles. The number of rotatable bonds is 3. The van der Waals surface area contributed by atoms with Crippen molar-refractivity contribution in [2.24, 2.45) is 17.6 Å². The highest BCUT2D eigenvalue weighted by Gasteiger charge is 2.25. The quantitative estimate of drug-likeness (QED) is 0.846. The Hall–Kier alpha value is -0.280. The number of halogens is 1. The second-order valence-corrected chi connectivity index (χ2v) is 5.48. The Labute approximate surface area is 111 Å². The highest BCUT2D eigenvalue weighted by molar-refractivity contribution is 5.85. The van der Waals surface area contributed by atoms with E-state index in [0.717, 1.165) is 31.8 Å². The molecule has 0 unspecified atom stereocenters. The minimum atomic E-state index is -0.0997. The van der Waals surface area contributed by atoms with E-state index in [4.69, 9.17) is 5.73 Å². The molecule has 2 aliphatic rings. The second-order valence-electron chi connectivity index (χ2n) is 5.48. The van der Waals surface area contributed by atoms with Crippen molar-refractivity contribution >= 4 is 18.3 Å². The van der Waals surface area contributed by atoms with Crippen LogP contribution in [0.2, 0.25) is 0 Å². The molecule has 1 amide bonds. The predicted molar refractivity (Wildman–Crippen MR) is 72.2 cm³/mol. The minimum absolute atomic E-state index is 0. The van der Waals surface area contributed by atoms with Crippen molar-refractivity contribution in [2.75, 3.05) is 19.6 Å². The van der Waals surface area contributed by atoms with Crippen LogP contribution in [-0.4, -0.2) is 30.4 Å². The van der Waals surface area contributed by atoms with Crippen LogP contribution < -0.4 is 5.73 Å². The zero-order valence-corrected chi connectivity index (χ0v) is 11.4. The Bertz CT molecular complexity index is 234. The third-order valence-corrected chi connectivity index (χ3v) is 4.23. The van der Waals surface area contributed by atoms with Crippen LogP contribution in [0, 0.1) is 11.8 Å². The molecule has 0 atom stereocenters. The number of piperidine rings is 1. The normalized spacial score (nSPS) is 24.2. The van der Waals surface area contributed by atoms with Gasteiger partial charge in [0.15, 0.2) is 0 Å². The largest absolute Gasteiger partial charge is 0.369 e. The van der Waals surface area contributed by atoms with Crippen LogP contribution in [0.5, 0.6) is 0 Å². The average molecular weight is 261 g/mol. The van der Waals surface area contributed by atoms with E-state index in [-0.39, 0.29) is 24.2 Å². The first-order valence-electron chi connectivity index (χ1n) is 6.77. The smallest absolute Gasteiger partial charge is 0.220 e. The zero-order valence-electron chi connectivity index (χ0n) is 10.6. The van der Waals surface area contributed by atoms with Gasteiger partial charge in [-0.2, -0.15) is 0 Å². The van der Waals surface area contributed by atoms with Gasteiger partial charge in [-0.25, -0.2) is 0 Å². The lowest BCUT2D eigenvalue weighted by molar-refractivity contribution is -0.123. The fraction of sp³-hybridized carbons (Fsp3) is 0.923. The summed E-state index contributed by atoms with van der Waals surface area (Å²) in [5.41, 5.74) is 5.34. The van der Waals surface area contributed by atoms with Gasteiger partial charge < -0.3 is 10.6 Å². The molecule has 4 heteroatoms. The summed E-state index contributed by atoms with van der Waals surface area (Å²) in [6.45, 7) is 3.40. The summed E-state index contributed by atoms with van der Waals surface area (Å²) in [7, 11) is 0. The molecule has 2 fully saturated rings. The summed E-state index contributed by atoms with van der Waals surface area (Å²) in [4.78, 5) is 13.6. The van der Waals surface area contributed by atoms with Crippen molar-refractivity contribution in [3.8, 4) is 0 Å². The van der Waals surface area contributed by atoms with Crippen LogP contribution in [-0.2, 0) is 4.79 Å². The lowest BCUT2D eigenvalue weighted by atomic mass is 9.88. The van der Waals surface area contributed by atoms with E-state index in [9.17, 15) is 4.79 Å². The van der Waals surface area contributed by atoms with Crippen molar-refractivity contribution < 1.29 is 4.79 Å². The first-order valence-corrected chi connectivity index (χ1v) is 6.77. The molecule has 3 nitrogen and oxygen atoms in total. The molecule has 1 aliphatic heterocycles. The van der Waals surface area contributed by atoms with Crippen LogP contribution >= 0.6 is 12.4 Å². The SMILES string of the molecule is Cl.NC(=O)C1CCN(CC2CCCCC2)CC1. The number of amides is 1. The van der Waals surface area contributed by atoms with Crippen LogP contribution in [0.1, 0.15) is 44.9 Å². The Kier molecular flexibility index (Phi) is 6.28. The third-order valence-electron chi connectivity index (χ3n) is 4.23. The van der Waals surface area contributed by atoms with Crippen LogP contribution in [0.25, 0.3) is 0 Å². The first-order chi connectivity index (χ1) is 7.75. The van der Waals surface area contributed by atoms with Gasteiger partial charge in [0.1, 0.15) is 0 Å². The minimum Gasteiger partial charge on any atom is -0.369 e. The molecule has 0 bridgehead atoms. The topological polar surface area (TPSA) is 46.3 Å². The van der Waals surface area contributed by atoms with Gasteiger partial charge in [0, 0.05) is 12.5 Å². The summed E-state index contributed by atoms with van der Waals surface area (Å²) in [6, 6.07) is 0. The number of hydrogen-bond acceptors (Lipinski definition) is 2. The lowest BCUT2D eigenvalue weighted by Gasteiger charge is -2.34. The Morgan fingerprint density at radius 3 is 2.18 bits per heavy atom. The van der Waals surface area contributed by atoms with E-state index in [2.05, 4.69) is 4.90 Å². The molecule has 2 rings (SSSR count).